The van der Waals surface area contributed by atoms with Gasteiger partial charge in [0, 0.05) is 23.9 Å². The minimum Gasteiger partial charge on any atom is -0.278 e. The van der Waals surface area contributed by atoms with Gasteiger partial charge in [-0.3, -0.25) is 24.8 Å². The van der Waals surface area contributed by atoms with Gasteiger partial charge < -0.3 is 0 Å². The first-order chi connectivity index (χ1) is 13.6. The van der Waals surface area contributed by atoms with Crippen molar-refractivity contribution in [2.75, 3.05) is 4.90 Å². The van der Waals surface area contributed by atoms with E-state index in [0.29, 0.717) is 10.7 Å². The molecule has 4 aromatic rings. The average molecular weight is 390 g/mol. The van der Waals surface area contributed by atoms with Crippen LogP contribution in [0.25, 0.3) is 10.2 Å². The summed E-state index contributed by atoms with van der Waals surface area (Å²) in [5.41, 5.74) is 1.82. The number of nitro benzene ring substituents is 1. The molecule has 2 aromatic heterocycles. The van der Waals surface area contributed by atoms with Crippen LogP contribution in [0.4, 0.5) is 10.8 Å². The van der Waals surface area contributed by atoms with E-state index in [2.05, 4.69) is 9.97 Å². The number of nitrogens with zero attached hydrogens (tertiary/aromatic N) is 4. The predicted molar refractivity (Wildman–Crippen MR) is 107 cm³/mol. The molecule has 4 rings (SSSR count). The zero-order valence-electron chi connectivity index (χ0n) is 14.6. The highest BCUT2D eigenvalue weighted by atomic mass is 32.1. The number of carbonyl (C=O) groups excluding carboxylic acids is 1. The third-order valence-electron chi connectivity index (χ3n) is 4.13. The number of pyridine rings is 1. The molecule has 2 heterocycles. The molecule has 0 aliphatic carbocycles. The van der Waals surface area contributed by atoms with E-state index < -0.39 is 4.92 Å². The quantitative estimate of drug-likeness (QED) is 0.371. The van der Waals surface area contributed by atoms with Crippen molar-refractivity contribution in [3.8, 4) is 0 Å². The number of thiazole rings is 1. The molecule has 2 aromatic carbocycles. The average Bonchev–Trinajstić information content (AvgIpc) is 3.16. The summed E-state index contributed by atoms with van der Waals surface area (Å²) in [6.45, 7) is 0.247. The van der Waals surface area contributed by atoms with Crippen LogP contribution in [0, 0.1) is 10.1 Å². The molecule has 138 valence electrons. The first-order valence-electron chi connectivity index (χ1n) is 8.43. The Hall–Kier alpha value is -3.65. The van der Waals surface area contributed by atoms with Gasteiger partial charge in [0.1, 0.15) is 0 Å². The molecule has 0 aliphatic heterocycles. The Bertz CT molecular complexity index is 1110. The van der Waals surface area contributed by atoms with Crippen molar-refractivity contribution in [1.29, 1.82) is 0 Å². The second-order valence-corrected chi connectivity index (χ2v) is 6.99. The lowest BCUT2D eigenvalue weighted by atomic mass is 10.2. The van der Waals surface area contributed by atoms with Crippen molar-refractivity contribution in [1.82, 2.24) is 9.97 Å². The number of fused-ring (bicyclic) bond motifs is 1. The maximum Gasteiger partial charge on any atom is 0.269 e. The highest BCUT2D eigenvalue weighted by molar-refractivity contribution is 7.22. The number of hydrogen-bond donors (Lipinski definition) is 0. The molecule has 0 fully saturated rings. The van der Waals surface area contributed by atoms with Crippen molar-refractivity contribution >= 4 is 38.3 Å². The smallest absolute Gasteiger partial charge is 0.269 e. The number of anilines is 1. The number of aromatic nitrogens is 2. The molecular weight excluding hydrogens is 376 g/mol. The van der Waals surface area contributed by atoms with E-state index in [-0.39, 0.29) is 18.1 Å². The molecule has 0 saturated heterocycles. The van der Waals surface area contributed by atoms with Gasteiger partial charge >= 0.3 is 0 Å². The van der Waals surface area contributed by atoms with Gasteiger partial charge in [0.05, 0.1) is 27.4 Å². The summed E-state index contributed by atoms with van der Waals surface area (Å²) in [6, 6.07) is 18.7. The highest BCUT2D eigenvalue weighted by Gasteiger charge is 2.22. The molecule has 0 N–H and O–H groups in total. The maximum atomic E-state index is 13.2. The SMILES string of the molecule is O=C(c1ccc([N+](=O)[O-])cc1)N(Cc1ccccn1)c1nc2ccccc2s1. The van der Waals surface area contributed by atoms with Gasteiger partial charge in [0.15, 0.2) is 5.13 Å². The zero-order chi connectivity index (χ0) is 19.5. The van der Waals surface area contributed by atoms with E-state index >= 15 is 0 Å². The van der Waals surface area contributed by atoms with Gasteiger partial charge in [-0.1, -0.05) is 29.5 Å². The number of carbonyl (C=O) groups is 1. The molecule has 0 aliphatic rings. The van der Waals surface area contributed by atoms with Crippen LogP contribution >= 0.6 is 11.3 Å². The van der Waals surface area contributed by atoms with Crippen molar-refractivity contribution in [3.05, 3.63) is 94.3 Å². The summed E-state index contributed by atoms with van der Waals surface area (Å²) in [4.78, 5) is 34.0. The number of amides is 1. The van der Waals surface area contributed by atoms with Gasteiger partial charge in [-0.25, -0.2) is 4.98 Å². The summed E-state index contributed by atoms with van der Waals surface area (Å²) >= 11 is 1.41. The molecule has 0 saturated carbocycles. The van der Waals surface area contributed by atoms with Crippen molar-refractivity contribution in [3.63, 3.8) is 0 Å². The lowest BCUT2D eigenvalue weighted by Gasteiger charge is -2.19. The maximum absolute atomic E-state index is 13.2. The van der Waals surface area contributed by atoms with Gasteiger partial charge in [-0.05, 0) is 36.4 Å². The number of benzene rings is 2. The molecule has 0 bridgehead atoms. The first kappa shape index (κ1) is 17.7. The zero-order valence-corrected chi connectivity index (χ0v) is 15.4. The van der Waals surface area contributed by atoms with E-state index in [4.69, 9.17) is 0 Å². The van der Waals surface area contributed by atoms with Crippen LogP contribution < -0.4 is 4.90 Å². The van der Waals surface area contributed by atoms with Crippen molar-refractivity contribution in [2.45, 2.75) is 6.54 Å². The van der Waals surface area contributed by atoms with Crippen LogP contribution in [-0.2, 0) is 6.54 Å². The van der Waals surface area contributed by atoms with E-state index in [9.17, 15) is 14.9 Å². The normalized spacial score (nSPS) is 10.7. The molecule has 28 heavy (non-hydrogen) atoms. The number of non-ortho nitro benzene ring substituents is 1. The predicted octanol–water partition coefficient (Wildman–Crippen LogP) is 4.45. The Balaban J connectivity index is 1.73. The van der Waals surface area contributed by atoms with Gasteiger partial charge in [0.25, 0.3) is 11.6 Å². The summed E-state index contributed by atoms with van der Waals surface area (Å²) in [6.07, 6.45) is 1.67. The first-order valence-corrected chi connectivity index (χ1v) is 9.25. The highest BCUT2D eigenvalue weighted by Crippen LogP contribution is 2.30. The minimum atomic E-state index is -0.493. The largest absolute Gasteiger partial charge is 0.278 e. The van der Waals surface area contributed by atoms with Crippen LogP contribution in [0.2, 0.25) is 0 Å². The number of para-hydroxylation sites is 1. The third-order valence-corrected chi connectivity index (χ3v) is 5.19. The number of hydrogen-bond acceptors (Lipinski definition) is 6. The fourth-order valence-electron chi connectivity index (χ4n) is 2.74. The second kappa shape index (κ2) is 7.53. The topological polar surface area (TPSA) is 89.2 Å². The summed E-state index contributed by atoms with van der Waals surface area (Å²) in [7, 11) is 0. The Morgan fingerprint density at radius 2 is 1.79 bits per heavy atom. The molecular formula is C20H14N4O3S. The molecule has 0 atom stereocenters. The number of nitro groups is 1. The fraction of sp³-hybridized carbons (Fsp3) is 0.0500. The Morgan fingerprint density at radius 1 is 1.04 bits per heavy atom. The van der Waals surface area contributed by atoms with Crippen LogP contribution in [0.1, 0.15) is 16.1 Å². The molecule has 0 radical (unpaired) electrons. The number of rotatable bonds is 5. The Morgan fingerprint density at radius 3 is 2.46 bits per heavy atom. The van der Waals surface area contributed by atoms with Crippen LogP contribution in [0.5, 0.6) is 0 Å². The molecule has 8 heteroatoms. The standard InChI is InChI=1S/C20H14N4O3S/c25-19(14-8-10-16(11-9-14)24(26)27)23(13-15-5-3-4-12-21-15)20-22-17-6-1-2-7-18(17)28-20/h1-12H,13H2. The van der Waals surface area contributed by atoms with Gasteiger partial charge in [-0.15, -0.1) is 0 Å². The molecule has 0 spiro atoms. The second-order valence-electron chi connectivity index (χ2n) is 5.98. The van der Waals surface area contributed by atoms with Crippen molar-refractivity contribution in [2.24, 2.45) is 0 Å². The summed E-state index contributed by atoms with van der Waals surface area (Å²) in [5, 5.41) is 11.4. The summed E-state index contributed by atoms with van der Waals surface area (Å²) in [5.74, 6) is -0.292. The van der Waals surface area contributed by atoms with E-state index in [1.165, 1.54) is 35.6 Å². The Kier molecular flexibility index (Phi) is 4.77. The monoisotopic (exact) mass is 390 g/mol. The lowest BCUT2D eigenvalue weighted by Crippen LogP contribution is -2.30. The van der Waals surface area contributed by atoms with Crippen LogP contribution in [0.3, 0.4) is 0 Å². The lowest BCUT2D eigenvalue weighted by molar-refractivity contribution is -0.384. The van der Waals surface area contributed by atoms with E-state index in [1.807, 2.05) is 42.5 Å². The van der Waals surface area contributed by atoms with Gasteiger partial charge in [-0.2, -0.15) is 0 Å². The van der Waals surface area contributed by atoms with E-state index in [0.717, 1.165) is 15.9 Å². The van der Waals surface area contributed by atoms with Crippen LogP contribution in [-0.4, -0.2) is 20.8 Å². The fourth-order valence-corrected chi connectivity index (χ4v) is 3.70. The summed E-state index contributed by atoms with van der Waals surface area (Å²) < 4.78 is 0.972. The van der Waals surface area contributed by atoms with Crippen molar-refractivity contribution < 1.29 is 9.72 Å². The molecule has 0 unspecified atom stereocenters. The molecule has 1 amide bonds. The minimum absolute atomic E-state index is 0.0622. The molecule has 7 nitrogen and oxygen atoms in total. The van der Waals surface area contributed by atoms with Crippen LogP contribution in [0.15, 0.2) is 72.9 Å². The van der Waals surface area contributed by atoms with Gasteiger partial charge in [0.2, 0.25) is 0 Å². The van der Waals surface area contributed by atoms with E-state index in [1.54, 1.807) is 11.1 Å². The Labute approximate surface area is 164 Å². The third kappa shape index (κ3) is 3.58.